The predicted molar refractivity (Wildman–Crippen MR) is 100 cm³/mol. The van der Waals surface area contributed by atoms with Gasteiger partial charge in [0.1, 0.15) is 5.75 Å². The molecule has 0 aromatic heterocycles. The van der Waals surface area contributed by atoms with Crippen LogP contribution in [0.15, 0.2) is 54.6 Å². The van der Waals surface area contributed by atoms with Gasteiger partial charge >= 0.3 is 5.97 Å². The minimum absolute atomic E-state index is 0.00754. The molecule has 0 fully saturated rings. The van der Waals surface area contributed by atoms with E-state index >= 15 is 0 Å². The molecule has 5 nitrogen and oxygen atoms in total. The smallest absolute Gasteiger partial charge is 0.305 e. The van der Waals surface area contributed by atoms with Crippen LogP contribution in [0.5, 0.6) is 5.75 Å². The van der Waals surface area contributed by atoms with Crippen LogP contribution >= 0.6 is 0 Å². The highest BCUT2D eigenvalue weighted by molar-refractivity contribution is 5.79. The zero-order valence-electron chi connectivity index (χ0n) is 15.4. The van der Waals surface area contributed by atoms with Gasteiger partial charge in [-0.15, -0.1) is 0 Å². The van der Waals surface area contributed by atoms with Gasteiger partial charge in [0.2, 0.25) is 0 Å². The van der Waals surface area contributed by atoms with Crippen molar-refractivity contribution in [2.75, 3.05) is 6.61 Å². The molecule has 0 saturated heterocycles. The van der Waals surface area contributed by atoms with E-state index in [1.54, 1.807) is 12.1 Å². The number of carbonyl (C=O) groups excluding carboxylic acids is 1. The average molecular weight is 355 g/mol. The normalized spacial score (nSPS) is 12.3. The van der Waals surface area contributed by atoms with Crippen molar-refractivity contribution in [3.8, 4) is 5.75 Å². The van der Waals surface area contributed by atoms with Crippen LogP contribution in [-0.2, 0) is 15.0 Å². The van der Waals surface area contributed by atoms with E-state index in [9.17, 15) is 9.59 Å². The summed E-state index contributed by atoms with van der Waals surface area (Å²) in [6, 6.07) is 16.1. The van der Waals surface area contributed by atoms with Gasteiger partial charge in [-0.3, -0.25) is 9.59 Å². The van der Waals surface area contributed by atoms with Gasteiger partial charge in [0, 0.05) is 0 Å². The number of carbonyl (C=O) groups is 2. The Morgan fingerprint density at radius 2 is 1.65 bits per heavy atom. The first-order chi connectivity index (χ1) is 12.3. The molecule has 26 heavy (non-hydrogen) atoms. The van der Waals surface area contributed by atoms with Crippen molar-refractivity contribution >= 4 is 11.9 Å². The molecule has 2 aromatic carbocycles. The molecular weight excluding hydrogens is 330 g/mol. The molecule has 1 unspecified atom stereocenters. The van der Waals surface area contributed by atoms with E-state index in [0.717, 1.165) is 11.1 Å². The van der Waals surface area contributed by atoms with E-state index in [2.05, 4.69) is 26.1 Å². The largest absolute Gasteiger partial charge is 0.484 e. The maximum atomic E-state index is 12.2. The SMILES string of the molecule is CC(C)(C)c1ccc(C(CC(=O)O)NC(=O)COc2ccccc2)cc1. The number of carboxylic acid groups (broad SMARTS) is 1. The highest BCUT2D eigenvalue weighted by Gasteiger charge is 2.20. The Morgan fingerprint density at radius 3 is 2.19 bits per heavy atom. The van der Waals surface area contributed by atoms with E-state index in [-0.39, 0.29) is 24.3 Å². The number of carboxylic acids is 1. The Balaban J connectivity index is 2.04. The summed E-state index contributed by atoms with van der Waals surface area (Å²) in [4.78, 5) is 23.4. The monoisotopic (exact) mass is 355 g/mol. The van der Waals surface area contributed by atoms with Crippen LogP contribution in [0.2, 0.25) is 0 Å². The molecule has 0 radical (unpaired) electrons. The van der Waals surface area contributed by atoms with Crippen LogP contribution in [0.25, 0.3) is 0 Å². The summed E-state index contributed by atoms with van der Waals surface area (Å²) in [6.45, 7) is 6.17. The molecule has 1 atom stereocenters. The Kier molecular flexibility index (Phi) is 6.39. The third-order valence-corrected chi connectivity index (χ3v) is 4.01. The number of aliphatic carboxylic acids is 1. The lowest BCUT2D eigenvalue weighted by Gasteiger charge is -2.22. The first-order valence-electron chi connectivity index (χ1n) is 8.55. The van der Waals surface area contributed by atoms with Crippen LogP contribution in [-0.4, -0.2) is 23.6 Å². The van der Waals surface area contributed by atoms with E-state index in [1.165, 1.54) is 0 Å². The Bertz CT molecular complexity index is 733. The number of para-hydroxylation sites is 1. The minimum atomic E-state index is -0.973. The maximum Gasteiger partial charge on any atom is 0.305 e. The van der Waals surface area contributed by atoms with Gasteiger partial charge in [0.15, 0.2) is 6.61 Å². The van der Waals surface area contributed by atoms with Gasteiger partial charge in [-0.2, -0.15) is 0 Å². The first-order valence-corrected chi connectivity index (χ1v) is 8.55. The molecule has 0 spiro atoms. The molecule has 5 heteroatoms. The molecule has 0 aliphatic rings. The van der Waals surface area contributed by atoms with Crippen LogP contribution < -0.4 is 10.1 Å². The molecule has 2 rings (SSSR count). The average Bonchev–Trinajstić information content (AvgIpc) is 2.59. The third kappa shape index (κ3) is 5.92. The summed E-state index contributed by atoms with van der Waals surface area (Å²) in [6.07, 6.45) is -0.189. The highest BCUT2D eigenvalue weighted by Crippen LogP contribution is 2.25. The third-order valence-electron chi connectivity index (χ3n) is 4.01. The fourth-order valence-electron chi connectivity index (χ4n) is 2.54. The van der Waals surface area contributed by atoms with E-state index in [1.807, 2.05) is 42.5 Å². The quantitative estimate of drug-likeness (QED) is 0.794. The molecular formula is C21H25NO4. The number of nitrogens with one attached hydrogen (secondary N) is 1. The van der Waals surface area contributed by atoms with E-state index in [0.29, 0.717) is 5.75 Å². The molecule has 0 heterocycles. The molecule has 0 aliphatic carbocycles. The lowest BCUT2D eigenvalue weighted by atomic mass is 9.86. The summed E-state index contributed by atoms with van der Waals surface area (Å²) in [5.74, 6) is -0.744. The summed E-state index contributed by atoms with van der Waals surface area (Å²) in [5.41, 5.74) is 1.91. The van der Waals surface area contributed by atoms with Crippen LogP contribution in [0.4, 0.5) is 0 Å². The molecule has 0 aliphatic heterocycles. The van der Waals surface area contributed by atoms with E-state index < -0.39 is 12.0 Å². The van der Waals surface area contributed by atoms with Crippen molar-refractivity contribution in [1.29, 1.82) is 0 Å². The van der Waals surface area contributed by atoms with Gasteiger partial charge in [0.05, 0.1) is 12.5 Å². The van der Waals surface area contributed by atoms with Crippen molar-refractivity contribution in [3.63, 3.8) is 0 Å². The Hall–Kier alpha value is -2.82. The van der Waals surface area contributed by atoms with Crippen LogP contribution in [0.1, 0.15) is 44.4 Å². The number of ether oxygens (including phenoxy) is 1. The van der Waals surface area contributed by atoms with Crippen molar-refractivity contribution in [3.05, 3.63) is 65.7 Å². The standard InChI is InChI=1S/C21H25NO4/c1-21(2,3)16-11-9-15(10-12-16)18(13-20(24)25)22-19(23)14-26-17-7-5-4-6-8-17/h4-12,18H,13-14H2,1-3H3,(H,22,23)(H,24,25). The number of amides is 1. The van der Waals surface area contributed by atoms with Gasteiger partial charge in [-0.25, -0.2) is 0 Å². The summed E-state index contributed by atoms with van der Waals surface area (Å²) in [5, 5.41) is 11.9. The van der Waals surface area contributed by atoms with Crippen molar-refractivity contribution in [2.45, 2.75) is 38.6 Å². The number of hydrogen-bond acceptors (Lipinski definition) is 3. The molecule has 138 valence electrons. The second-order valence-electron chi connectivity index (χ2n) is 7.19. The molecule has 2 aromatic rings. The lowest BCUT2D eigenvalue weighted by Crippen LogP contribution is -2.33. The van der Waals surface area contributed by atoms with Crippen LogP contribution in [0.3, 0.4) is 0 Å². The fraction of sp³-hybridized carbons (Fsp3) is 0.333. The molecule has 2 N–H and O–H groups in total. The zero-order chi connectivity index (χ0) is 19.2. The summed E-state index contributed by atoms with van der Waals surface area (Å²) < 4.78 is 5.41. The van der Waals surface area contributed by atoms with Gasteiger partial charge in [-0.05, 0) is 28.7 Å². The lowest BCUT2D eigenvalue weighted by molar-refractivity contribution is -0.137. The Morgan fingerprint density at radius 1 is 1.04 bits per heavy atom. The molecule has 1 amide bonds. The topological polar surface area (TPSA) is 75.6 Å². The summed E-state index contributed by atoms with van der Waals surface area (Å²) >= 11 is 0. The van der Waals surface area contributed by atoms with Crippen molar-refractivity contribution in [2.24, 2.45) is 0 Å². The Labute approximate surface area is 154 Å². The van der Waals surface area contributed by atoms with Gasteiger partial charge < -0.3 is 15.2 Å². The van der Waals surface area contributed by atoms with Gasteiger partial charge in [-0.1, -0.05) is 63.2 Å². The molecule has 0 bridgehead atoms. The van der Waals surface area contributed by atoms with Gasteiger partial charge in [0.25, 0.3) is 5.91 Å². The summed E-state index contributed by atoms with van der Waals surface area (Å²) in [7, 11) is 0. The number of benzene rings is 2. The van der Waals surface area contributed by atoms with E-state index in [4.69, 9.17) is 9.84 Å². The van der Waals surface area contributed by atoms with Crippen LogP contribution in [0, 0.1) is 0 Å². The van der Waals surface area contributed by atoms with Crippen molar-refractivity contribution in [1.82, 2.24) is 5.32 Å². The number of hydrogen-bond donors (Lipinski definition) is 2. The zero-order valence-corrected chi connectivity index (χ0v) is 15.4. The molecule has 0 saturated carbocycles. The first kappa shape index (κ1) is 19.5. The maximum absolute atomic E-state index is 12.2. The second kappa shape index (κ2) is 8.52. The predicted octanol–water partition coefficient (Wildman–Crippen LogP) is 3.70. The fourth-order valence-corrected chi connectivity index (χ4v) is 2.54. The highest BCUT2D eigenvalue weighted by atomic mass is 16.5. The number of rotatable bonds is 7. The second-order valence-corrected chi connectivity index (χ2v) is 7.19. The minimum Gasteiger partial charge on any atom is -0.484 e. The van der Waals surface area contributed by atoms with Crippen molar-refractivity contribution < 1.29 is 19.4 Å².